The highest BCUT2D eigenvalue weighted by atomic mass is 35.5. The normalized spacial score (nSPS) is 27.8. The quantitative estimate of drug-likeness (QED) is 0.593. The van der Waals surface area contributed by atoms with Crippen LogP contribution in [0.1, 0.15) is 12.8 Å². The molecule has 0 spiro atoms. The van der Waals surface area contributed by atoms with Crippen LogP contribution >= 0.6 is 23.2 Å². The Morgan fingerprint density at radius 1 is 1.29 bits per heavy atom. The minimum Gasteiger partial charge on any atom is -0.350 e. The maximum Gasteiger partial charge on any atom is 0.225 e. The number of aromatic nitrogens is 3. The first kappa shape index (κ1) is 13.4. The number of rotatable bonds is 1. The molecule has 0 bridgehead atoms. The van der Waals surface area contributed by atoms with Crippen LogP contribution in [0.15, 0.2) is 6.20 Å². The summed E-state index contributed by atoms with van der Waals surface area (Å²) in [6, 6.07) is -0.202. The Morgan fingerprint density at radius 3 is 2.90 bits per heavy atom. The Hall–Kier alpha value is -1.27. The Kier molecular flexibility index (Phi) is 2.94. The summed E-state index contributed by atoms with van der Waals surface area (Å²) in [5, 5.41) is 0.0485. The maximum atomic E-state index is 14.1. The average molecular weight is 331 g/mol. The Balaban J connectivity index is 1.90. The van der Waals surface area contributed by atoms with Crippen molar-refractivity contribution in [2.24, 2.45) is 5.92 Å². The second-order valence-corrected chi connectivity index (χ2v) is 6.07. The molecule has 1 saturated carbocycles. The third-order valence-electron chi connectivity index (χ3n) is 4.20. The fraction of sp³-hybridized carbons (Fsp3) is 0.462. The second kappa shape index (κ2) is 4.61. The molecule has 0 aromatic carbocycles. The fourth-order valence-electron chi connectivity index (χ4n) is 3.15. The van der Waals surface area contributed by atoms with Crippen molar-refractivity contribution in [1.29, 1.82) is 0 Å². The molecule has 0 radical (unpaired) electrons. The van der Waals surface area contributed by atoms with Gasteiger partial charge in [-0.3, -0.25) is 0 Å². The van der Waals surface area contributed by atoms with E-state index >= 15 is 0 Å². The maximum absolute atomic E-state index is 14.1. The van der Waals surface area contributed by atoms with E-state index in [0.29, 0.717) is 17.7 Å². The van der Waals surface area contributed by atoms with E-state index in [1.54, 1.807) is 0 Å². The minimum absolute atomic E-state index is 0.0168. The molecule has 1 saturated heterocycles. The number of halogens is 4. The van der Waals surface area contributed by atoms with Crippen LogP contribution in [0, 0.1) is 11.7 Å². The number of nitrogens with zero attached hydrogens (tertiary/aromatic N) is 4. The molecule has 3 atom stereocenters. The molecule has 3 heterocycles. The molecule has 2 aromatic rings. The Labute approximate surface area is 129 Å². The van der Waals surface area contributed by atoms with Crippen molar-refractivity contribution < 1.29 is 8.78 Å². The van der Waals surface area contributed by atoms with E-state index in [2.05, 4.69) is 15.0 Å². The van der Waals surface area contributed by atoms with Crippen molar-refractivity contribution in [3.63, 3.8) is 0 Å². The molecule has 21 heavy (non-hydrogen) atoms. The van der Waals surface area contributed by atoms with Gasteiger partial charge in [-0.05, 0) is 24.4 Å². The summed E-state index contributed by atoms with van der Waals surface area (Å²) in [7, 11) is 0. The first-order chi connectivity index (χ1) is 10.1. The number of pyridine rings is 1. The average Bonchev–Trinajstić information content (AvgIpc) is 3.14. The van der Waals surface area contributed by atoms with Gasteiger partial charge in [-0.15, -0.1) is 0 Å². The second-order valence-electron chi connectivity index (χ2n) is 5.38. The van der Waals surface area contributed by atoms with Crippen LogP contribution in [0.2, 0.25) is 10.4 Å². The summed E-state index contributed by atoms with van der Waals surface area (Å²) >= 11 is 11.6. The lowest BCUT2D eigenvalue weighted by molar-refractivity contribution is 0.438. The zero-order valence-electron chi connectivity index (χ0n) is 10.7. The van der Waals surface area contributed by atoms with Gasteiger partial charge in [-0.25, -0.2) is 18.7 Å². The molecule has 1 aliphatic heterocycles. The number of fused-ring (bicyclic) bond motifs is 2. The van der Waals surface area contributed by atoms with Crippen LogP contribution in [0.4, 0.5) is 14.6 Å². The van der Waals surface area contributed by atoms with Gasteiger partial charge in [-0.2, -0.15) is 4.98 Å². The van der Waals surface area contributed by atoms with E-state index in [1.165, 1.54) is 6.20 Å². The van der Waals surface area contributed by atoms with Crippen molar-refractivity contribution >= 4 is 39.9 Å². The first-order valence-corrected chi connectivity index (χ1v) is 7.41. The number of hydrogen-bond acceptors (Lipinski definition) is 4. The van der Waals surface area contributed by atoms with Gasteiger partial charge in [-0.1, -0.05) is 11.6 Å². The lowest BCUT2D eigenvalue weighted by Gasteiger charge is -2.28. The van der Waals surface area contributed by atoms with E-state index in [0.717, 1.165) is 12.8 Å². The first-order valence-electron chi connectivity index (χ1n) is 6.66. The van der Waals surface area contributed by atoms with E-state index in [9.17, 15) is 8.78 Å². The molecule has 2 aliphatic rings. The summed E-state index contributed by atoms with van der Waals surface area (Å²) in [5.74, 6) is -0.267. The topological polar surface area (TPSA) is 41.9 Å². The van der Waals surface area contributed by atoms with Crippen LogP contribution in [0.25, 0.3) is 10.9 Å². The van der Waals surface area contributed by atoms with Gasteiger partial charge in [0.1, 0.15) is 17.5 Å². The van der Waals surface area contributed by atoms with Crippen molar-refractivity contribution in [2.45, 2.75) is 25.1 Å². The predicted octanol–water partition coefficient (Wildman–Crippen LogP) is 3.41. The van der Waals surface area contributed by atoms with Gasteiger partial charge in [0, 0.05) is 18.7 Å². The van der Waals surface area contributed by atoms with E-state index < -0.39 is 12.0 Å². The SMILES string of the molecule is Fc1c(Cl)ncc2c(N3CCC[C@@H]4C3[C@H]4F)nc(Cl)nc12. The molecule has 8 heteroatoms. The van der Waals surface area contributed by atoms with Crippen LogP contribution in [-0.2, 0) is 0 Å². The molecule has 0 N–H and O–H groups in total. The molecule has 110 valence electrons. The number of anilines is 1. The predicted molar refractivity (Wildman–Crippen MR) is 76.1 cm³/mol. The molecular formula is C13H10Cl2F2N4. The van der Waals surface area contributed by atoms with Crippen LogP contribution in [0.3, 0.4) is 0 Å². The zero-order valence-corrected chi connectivity index (χ0v) is 12.2. The molecule has 4 nitrogen and oxygen atoms in total. The highest BCUT2D eigenvalue weighted by Crippen LogP contribution is 2.48. The molecular weight excluding hydrogens is 321 g/mol. The monoisotopic (exact) mass is 330 g/mol. The lowest BCUT2D eigenvalue weighted by Crippen LogP contribution is -2.33. The number of alkyl halides is 1. The zero-order chi connectivity index (χ0) is 14.7. The number of piperidine rings is 1. The highest BCUT2D eigenvalue weighted by Gasteiger charge is 2.56. The molecule has 0 amide bonds. The Bertz CT molecular complexity index is 742. The summed E-state index contributed by atoms with van der Waals surface area (Å²) in [4.78, 5) is 13.7. The molecule has 4 rings (SSSR count). The van der Waals surface area contributed by atoms with Gasteiger partial charge >= 0.3 is 0 Å². The van der Waals surface area contributed by atoms with E-state index in [1.807, 2.05) is 4.90 Å². The molecule has 1 aliphatic carbocycles. The van der Waals surface area contributed by atoms with Gasteiger partial charge in [0.2, 0.25) is 5.28 Å². The molecule has 2 fully saturated rings. The summed E-state index contributed by atoms with van der Waals surface area (Å²) < 4.78 is 27.9. The largest absolute Gasteiger partial charge is 0.350 e. The third-order valence-corrected chi connectivity index (χ3v) is 4.63. The molecule has 1 unspecified atom stereocenters. The summed E-state index contributed by atoms with van der Waals surface area (Å²) in [5.41, 5.74) is 0.0168. The third kappa shape index (κ3) is 1.96. The standard InChI is InChI=1S/C13H10Cl2F2N4/c14-11-8(17)9-6(4-18-11)12(20-13(15)19-9)21-3-1-2-5-7(16)10(5)21/h4-5,7,10H,1-3H2/t5-,7-,10?/m0/s1. The van der Waals surface area contributed by atoms with Crippen LogP contribution < -0.4 is 4.90 Å². The van der Waals surface area contributed by atoms with E-state index in [4.69, 9.17) is 23.2 Å². The Morgan fingerprint density at radius 2 is 2.10 bits per heavy atom. The van der Waals surface area contributed by atoms with Crippen molar-refractivity contribution in [3.05, 3.63) is 22.5 Å². The van der Waals surface area contributed by atoms with Crippen molar-refractivity contribution in [3.8, 4) is 0 Å². The fourth-order valence-corrected chi connectivity index (χ4v) is 3.46. The van der Waals surface area contributed by atoms with Crippen LogP contribution in [0.5, 0.6) is 0 Å². The van der Waals surface area contributed by atoms with Gasteiger partial charge in [0.25, 0.3) is 0 Å². The minimum atomic E-state index is -0.860. The van der Waals surface area contributed by atoms with Gasteiger partial charge < -0.3 is 4.90 Å². The van der Waals surface area contributed by atoms with Gasteiger partial charge in [0.05, 0.1) is 11.4 Å². The highest BCUT2D eigenvalue weighted by molar-refractivity contribution is 6.30. The van der Waals surface area contributed by atoms with Crippen LogP contribution in [-0.4, -0.2) is 33.7 Å². The van der Waals surface area contributed by atoms with Gasteiger partial charge in [0.15, 0.2) is 11.0 Å². The van der Waals surface area contributed by atoms with E-state index in [-0.39, 0.29) is 27.9 Å². The smallest absolute Gasteiger partial charge is 0.225 e. The summed E-state index contributed by atoms with van der Waals surface area (Å²) in [6.45, 7) is 0.661. The van der Waals surface area contributed by atoms with Crippen molar-refractivity contribution in [2.75, 3.05) is 11.4 Å². The van der Waals surface area contributed by atoms with Crippen molar-refractivity contribution in [1.82, 2.24) is 15.0 Å². The summed E-state index contributed by atoms with van der Waals surface area (Å²) in [6.07, 6.45) is 2.29. The molecule has 2 aromatic heterocycles. The number of hydrogen-bond donors (Lipinski definition) is 0. The lowest BCUT2D eigenvalue weighted by atomic mass is 10.1.